The maximum atomic E-state index is 6.16. The van der Waals surface area contributed by atoms with Crippen molar-refractivity contribution in [1.29, 1.82) is 0 Å². The Morgan fingerprint density at radius 2 is 2.05 bits per heavy atom. The van der Waals surface area contributed by atoms with E-state index in [0.29, 0.717) is 17.4 Å². The van der Waals surface area contributed by atoms with Gasteiger partial charge in [-0.2, -0.15) is 0 Å². The first-order valence-corrected chi connectivity index (χ1v) is 11.3. The van der Waals surface area contributed by atoms with E-state index in [-0.39, 0.29) is 12.9 Å². The molecular formula is C15H23ClO4Si. The molecule has 6 heteroatoms. The molecule has 21 heavy (non-hydrogen) atoms. The van der Waals surface area contributed by atoms with Crippen molar-refractivity contribution in [3.8, 4) is 11.5 Å². The van der Waals surface area contributed by atoms with Gasteiger partial charge in [-0.15, -0.1) is 0 Å². The summed E-state index contributed by atoms with van der Waals surface area (Å²) in [7, 11) is -1.05. The molecule has 1 fully saturated rings. The van der Waals surface area contributed by atoms with E-state index in [1.807, 2.05) is 6.07 Å². The van der Waals surface area contributed by atoms with Crippen LogP contribution in [0.5, 0.6) is 11.5 Å². The predicted octanol–water partition coefficient (Wildman–Crippen LogP) is 3.81. The lowest BCUT2D eigenvalue weighted by Gasteiger charge is -2.16. The Kier molecular flexibility index (Phi) is 5.93. The van der Waals surface area contributed by atoms with Crippen molar-refractivity contribution in [1.82, 2.24) is 0 Å². The Morgan fingerprint density at radius 3 is 2.67 bits per heavy atom. The summed E-state index contributed by atoms with van der Waals surface area (Å²) in [5.74, 6) is 1.34. The zero-order chi connectivity index (χ0) is 15.3. The molecule has 0 aromatic heterocycles. The average molecular weight is 331 g/mol. The van der Waals surface area contributed by atoms with Gasteiger partial charge < -0.3 is 18.9 Å². The van der Waals surface area contributed by atoms with Crippen LogP contribution in [0.3, 0.4) is 0 Å². The molecule has 1 atom stereocenters. The van der Waals surface area contributed by atoms with Crippen LogP contribution in [-0.4, -0.2) is 40.8 Å². The topological polar surface area (TPSA) is 40.2 Å². The molecule has 0 N–H and O–H groups in total. The lowest BCUT2D eigenvalue weighted by atomic mass is 10.3. The number of benzene rings is 1. The molecular weight excluding hydrogens is 308 g/mol. The Morgan fingerprint density at radius 1 is 1.29 bits per heavy atom. The van der Waals surface area contributed by atoms with Gasteiger partial charge in [-0.25, -0.2) is 0 Å². The second-order valence-corrected chi connectivity index (χ2v) is 12.4. The van der Waals surface area contributed by atoms with E-state index in [9.17, 15) is 0 Å². The highest BCUT2D eigenvalue weighted by atomic mass is 35.5. The van der Waals surface area contributed by atoms with Crippen LogP contribution in [0.25, 0.3) is 0 Å². The molecule has 1 aliphatic rings. The second kappa shape index (κ2) is 7.49. The summed E-state index contributed by atoms with van der Waals surface area (Å²) in [5, 5.41) is 0.526. The van der Waals surface area contributed by atoms with E-state index in [0.717, 1.165) is 25.0 Å². The Bertz CT molecular complexity index is 457. The minimum absolute atomic E-state index is 0.223. The van der Waals surface area contributed by atoms with Crippen molar-refractivity contribution >= 4 is 19.7 Å². The summed E-state index contributed by atoms with van der Waals surface area (Å²) in [6.45, 7) is 9.26. The third-order valence-electron chi connectivity index (χ3n) is 3.04. The summed E-state index contributed by atoms with van der Waals surface area (Å²) in [5.41, 5.74) is 0. The van der Waals surface area contributed by atoms with Crippen molar-refractivity contribution in [3.63, 3.8) is 0 Å². The summed E-state index contributed by atoms with van der Waals surface area (Å²) in [6.07, 6.45) is 0.236. The van der Waals surface area contributed by atoms with Crippen LogP contribution in [-0.2, 0) is 9.47 Å². The first kappa shape index (κ1) is 16.6. The van der Waals surface area contributed by atoms with E-state index < -0.39 is 8.07 Å². The van der Waals surface area contributed by atoms with Gasteiger partial charge in [0.15, 0.2) is 6.79 Å². The first-order chi connectivity index (χ1) is 9.94. The monoisotopic (exact) mass is 330 g/mol. The Hall–Kier alpha value is -0.753. The number of hydrogen-bond donors (Lipinski definition) is 0. The minimum Gasteiger partial charge on any atom is -0.491 e. The van der Waals surface area contributed by atoms with Crippen LogP contribution in [0.1, 0.15) is 0 Å². The lowest BCUT2D eigenvalue weighted by molar-refractivity contribution is 0.0221. The summed E-state index contributed by atoms with van der Waals surface area (Å²) >= 11 is 6.16. The summed E-state index contributed by atoms with van der Waals surface area (Å²) in [6, 6.07) is 6.51. The summed E-state index contributed by atoms with van der Waals surface area (Å²) in [4.78, 5) is 0. The van der Waals surface area contributed by atoms with Gasteiger partial charge in [0.1, 0.15) is 24.2 Å². The molecule has 0 bridgehead atoms. The SMILES string of the molecule is C[Si](C)(C)CCOCOc1ccc(OCC2CO2)cc1Cl. The third kappa shape index (κ3) is 6.69. The normalized spacial score (nSPS) is 17.6. The number of halogens is 1. The van der Waals surface area contributed by atoms with Gasteiger partial charge in [0, 0.05) is 20.7 Å². The number of epoxide rings is 1. The Labute approximate surface area is 132 Å². The molecule has 1 heterocycles. The minimum atomic E-state index is -1.05. The highest BCUT2D eigenvalue weighted by Crippen LogP contribution is 2.29. The van der Waals surface area contributed by atoms with Crippen molar-refractivity contribution in [2.75, 3.05) is 26.6 Å². The van der Waals surface area contributed by atoms with E-state index in [1.165, 1.54) is 0 Å². The summed E-state index contributed by atoms with van der Waals surface area (Å²) < 4.78 is 21.7. The number of hydrogen-bond acceptors (Lipinski definition) is 4. The lowest BCUT2D eigenvalue weighted by Crippen LogP contribution is -2.22. The maximum Gasteiger partial charge on any atom is 0.189 e. The molecule has 118 valence electrons. The second-order valence-electron chi connectivity index (χ2n) is 6.34. The number of rotatable bonds is 9. The molecule has 0 amide bonds. The molecule has 2 rings (SSSR count). The van der Waals surface area contributed by atoms with Crippen LogP contribution in [0.2, 0.25) is 30.7 Å². The molecule has 0 saturated carbocycles. The molecule has 1 aromatic carbocycles. The standard InChI is InChI=1S/C15H23ClO4Si/c1-21(2,3)7-6-17-11-20-15-5-4-12(8-14(15)16)18-9-13-10-19-13/h4-5,8,13H,6-7,9-11H2,1-3H3. The van der Waals surface area contributed by atoms with Gasteiger partial charge in [0.2, 0.25) is 0 Å². The molecule has 1 aliphatic heterocycles. The highest BCUT2D eigenvalue weighted by Gasteiger charge is 2.23. The van der Waals surface area contributed by atoms with Gasteiger partial charge in [-0.05, 0) is 18.2 Å². The largest absolute Gasteiger partial charge is 0.491 e. The van der Waals surface area contributed by atoms with Crippen LogP contribution in [0.15, 0.2) is 18.2 Å². The molecule has 1 unspecified atom stereocenters. The fraction of sp³-hybridized carbons (Fsp3) is 0.600. The zero-order valence-corrected chi connectivity index (χ0v) is 14.6. The number of ether oxygens (including phenoxy) is 4. The van der Waals surface area contributed by atoms with Gasteiger partial charge in [-0.3, -0.25) is 0 Å². The van der Waals surface area contributed by atoms with Crippen LogP contribution in [0.4, 0.5) is 0 Å². The highest BCUT2D eigenvalue weighted by molar-refractivity contribution is 6.76. The van der Waals surface area contributed by atoms with Gasteiger partial charge in [0.25, 0.3) is 0 Å². The van der Waals surface area contributed by atoms with Crippen molar-refractivity contribution < 1.29 is 18.9 Å². The third-order valence-corrected chi connectivity index (χ3v) is 5.04. The Balaban J connectivity index is 1.70. The van der Waals surface area contributed by atoms with Crippen molar-refractivity contribution in [2.24, 2.45) is 0 Å². The molecule has 1 aromatic rings. The van der Waals surface area contributed by atoms with Crippen molar-refractivity contribution in [2.45, 2.75) is 31.8 Å². The molecule has 0 radical (unpaired) electrons. The molecule has 0 spiro atoms. The molecule has 4 nitrogen and oxygen atoms in total. The van der Waals surface area contributed by atoms with E-state index in [4.69, 9.17) is 30.5 Å². The zero-order valence-electron chi connectivity index (χ0n) is 12.9. The quantitative estimate of drug-likeness (QED) is 0.299. The van der Waals surface area contributed by atoms with Crippen LogP contribution in [0, 0.1) is 0 Å². The van der Waals surface area contributed by atoms with Crippen molar-refractivity contribution in [3.05, 3.63) is 23.2 Å². The van der Waals surface area contributed by atoms with Crippen LogP contribution < -0.4 is 9.47 Å². The maximum absolute atomic E-state index is 6.16. The van der Waals surface area contributed by atoms with Crippen LogP contribution >= 0.6 is 11.6 Å². The molecule has 0 aliphatic carbocycles. The predicted molar refractivity (Wildman–Crippen MR) is 86.3 cm³/mol. The smallest absolute Gasteiger partial charge is 0.189 e. The fourth-order valence-electron chi connectivity index (χ4n) is 1.58. The van der Waals surface area contributed by atoms with E-state index >= 15 is 0 Å². The van der Waals surface area contributed by atoms with E-state index in [2.05, 4.69) is 19.6 Å². The first-order valence-electron chi connectivity index (χ1n) is 7.18. The van der Waals surface area contributed by atoms with Gasteiger partial charge >= 0.3 is 0 Å². The van der Waals surface area contributed by atoms with E-state index in [1.54, 1.807) is 12.1 Å². The van der Waals surface area contributed by atoms with Gasteiger partial charge in [-0.1, -0.05) is 31.2 Å². The van der Waals surface area contributed by atoms with Gasteiger partial charge in [0.05, 0.1) is 11.6 Å². The molecule has 1 saturated heterocycles. The average Bonchev–Trinajstić information content (AvgIpc) is 3.21. The fourth-order valence-corrected chi connectivity index (χ4v) is 2.57.